The van der Waals surface area contributed by atoms with Gasteiger partial charge in [-0.2, -0.15) is 8.42 Å². The van der Waals surface area contributed by atoms with Crippen molar-refractivity contribution in [3.05, 3.63) is 107 Å². The highest BCUT2D eigenvalue weighted by Crippen LogP contribution is 2.29. The number of carboxylic acids is 1. The van der Waals surface area contributed by atoms with Crippen LogP contribution in [0.5, 0.6) is 0 Å². The molecule has 0 saturated carbocycles. The number of pyridine rings is 2. The van der Waals surface area contributed by atoms with Crippen molar-refractivity contribution in [3.8, 4) is 11.1 Å². The minimum absolute atomic E-state index is 0.0393. The van der Waals surface area contributed by atoms with Crippen LogP contribution >= 0.6 is 0 Å². The van der Waals surface area contributed by atoms with Crippen LogP contribution in [0.4, 0.5) is 5.69 Å². The molecule has 10 nitrogen and oxygen atoms in total. The minimum atomic E-state index is -4.37. The van der Waals surface area contributed by atoms with Gasteiger partial charge in [-0.15, -0.1) is 0 Å². The average molecular weight is 556 g/mol. The number of carbonyl (C=O) groups is 2. The molecule has 0 bridgehead atoms. The number of nitrogens with one attached hydrogen (secondary N) is 1. The molecule has 2 aromatic carbocycles. The smallest absolute Gasteiger partial charge is 0.354 e. The third-order valence-corrected chi connectivity index (χ3v) is 7.65. The molecule has 3 aromatic heterocycles. The predicted octanol–water partition coefficient (Wildman–Crippen LogP) is 4.69. The molecule has 202 valence electrons. The number of carbonyl (C=O) groups excluding carboxylic acids is 1. The zero-order valence-electron chi connectivity index (χ0n) is 21.7. The van der Waals surface area contributed by atoms with Crippen molar-refractivity contribution < 1.29 is 23.1 Å². The maximum absolute atomic E-state index is 12.8. The molecule has 0 fully saturated rings. The largest absolute Gasteiger partial charge is 0.477 e. The van der Waals surface area contributed by atoms with E-state index in [-0.39, 0.29) is 16.9 Å². The third-order valence-electron chi connectivity index (χ3n) is 6.43. The number of fused-ring (bicyclic) bond motifs is 1. The fourth-order valence-electron chi connectivity index (χ4n) is 4.45. The standard InChI is InChI=1S/C29H25N5O5S/c1-3-25-32-26-18(2)15-23(28(35)36)31-27(26)34(25)17-19-9-11-20(12-10-19)22-13-14-30-16-24(22)33-40(38,39)29(37)21-7-5-4-6-8-21/h4-16,33H,3,17H2,1-2H3,(H,35,36). The molecule has 0 spiro atoms. The van der Waals surface area contributed by atoms with Gasteiger partial charge in [0.15, 0.2) is 11.3 Å². The van der Waals surface area contributed by atoms with Crippen LogP contribution < -0.4 is 4.72 Å². The van der Waals surface area contributed by atoms with E-state index in [1.54, 1.807) is 30.5 Å². The van der Waals surface area contributed by atoms with Crippen LogP contribution in [0.2, 0.25) is 0 Å². The SMILES string of the molecule is CCc1nc2c(C)cc(C(=O)O)nc2n1Cc1ccc(-c2ccncc2NS(=O)(=O)C(=O)c2ccccc2)cc1. The molecule has 0 aliphatic carbocycles. The van der Waals surface area contributed by atoms with Crippen LogP contribution in [0.25, 0.3) is 22.3 Å². The Bertz CT molecular complexity index is 1850. The lowest BCUT2D eigenvalue weighted by Crippen LogP contribution is -2.23. The van der Waals surface area contributed by atoms with Gasteiger partial charge in [-0.05, 0) is 35.7 Å². The maximum atomic E-state index is 12.8. The summed E-state index contributed by atoms with van der Waals surface area (Å²) in [5.41, 5.74) is 4.28. The molecule has 11 heteroatoms. The fourth-order valence-corrected chi connectivity index (χ4v) is 5.44. The lowest BCUT2D eigenvalue weighted by molar-refractivity contribution is 0.0690. The van der Waals surface area contributed by atoms with Crippen molar-refractivity contribution in [1.29, 1.82) is 0 Å². The van der Waals surface area contributed by atoms with Crippen molar-refractivity contribution in [2.45, 2.75) is 26.8 Å². The van der Waals surface area contributed by atoms with Crippen LogP contribution in [0.1, 0.15) is 44.7 Å². The number of rotatable bonds is 8. The van der Waals surface area contributed by atoms with Crippen molar-refractivity contribution in [2.75, 3.05) is 4.72 Å². The lowest BCUT2D eigenvalue weighted by atomic mass is 10.0. The first-order chi connectivity index (χ1) is 19.2. The number of aryl methyl sites for hydroxylation is 2. The van der Waals surface area contributed by atoms with Crippen molar-refractivity contribution in [3.63, 3.8) is 0 Å². The van der Waals surface area contributed by atoms with E-state index >= 15 is 0 Å². The average Bonchev–Trinajstić information content (AvgIpc) is 3.31. The van der Waals surface area contributed by atoms with E-state index in [2.05, 4.69) is 19.7 Å². The second-order valence-electron chi connectivity index (χ2n) is 9.15. The summed E-state index contributed by atoms with van der Waals surface area (Å²) in [5, 5.41) is 8.44. The zero-order chi connectivity index (χ0) is 28.4. The van der Waals surface area contributed by atoms with Gasteiger partial charge < -0.3 is 9.67 Å². The van der Waals surface area contributed by atoms with E-state index in [1.807, 2.05) is 42.7 Å². The Morgan fingerprint density at radius 3 is 2.40 bits per heavy atom. The number of hydrogen-bond donors (Lipinski definition) is 2. The van der Waals surface area contributed by atoms with Crippen molar-refractivity contribution in [2.24, 2.45) is 0 Å². The van der Waals surface area contributed by atoms with E-state index < -0.39 is 21.1 Å². The molecule has 0 radical (unpaired) electrons. The Morgan fingerprint density at radius 1 is 1.00 bits per heavy atom. The number of anilines is 1. The van der Waals surface area contributed by atoms with Crippen LogP contribution in [0.15, 0.2) is 79.1 Å². The van der Waals surface area contributed by atoms with Gasteiger partial charge in [0.05, 0.1) is 18.4 Å². The molecule has 0 saturated heterocycles. The van der Waals surface area contributed by atoms with Gasteiger partial charge in [-0.25, -0.2) is 14.8 Å². The second-order valence-corrected chi connectivity index (χ2v) is 10.7. The summed E-state index contributed by atoms with van der Waals surface area (Å²) in [5.74, 6) is -0.319. The van der Waals surface area contributed by atoms with Gasteiger partial charge in [0.2, 0.25) is 0 Å². The normalized spacial score (nSPS) is 11.4. The highest BCUT2D eigenvalue weighted by molar-refractivity contribution is 8.07. The van der Waals surface area contributed by atoms with E-state index in [4.69, 9.17) is 0 Å². The molecular formula is C29H25N5O5S. The molecular weight excluding hydrogens is 530 g/mol. The first-order valence-corrected chi connectivity index (χ1v) is 13.9. The number of benzene rings is 2. The van der Waals surface area contributed by atoms with Crippen LogP contribution in [-0.4, -0.2) is 44.1 Å². The van der Waals surface area contributed by atoms with E-state index in [0.717, 1.165) is 17.0 Å². The van der Waals surface area contributed by atoms with E-state index in [1.165, 1.54) is 24.4 Å². The second kappa shape index (κ2) is 10.7. The van der Waals surface area contributed by atoms with Crippen LogP contribution in [-0.2, 0) is 23.0 Å². The molecule has 0 amide bonds. The van der Waals surface area contributed by atoms with Crippen molar-refractivity contribution in [1.82, 2.24) is 19.5 Å². The molecule has 5 aromatic rings. The third kappa shape index (κ3) is 5.19. The van der Waals surface area contributed by atoms with Gasteiger partial charge in [-0.3, -0.25) is 14.5 Å². The molecule has 0 unspecified atom stereocenters. The summed E-state index contributed by atoms with van der Waals surface area (Å²) in [6.45, 7) is 4.20. The monoisotopic (exact) mass is 555 g/mol. The van der Waals surface area contributed by atoms with Crippen LogP contribution in [0, 0.1) is 6.92 Å². The van der Waals surface area contributed by atoms with Gasteiger partial charge in [0.25, 0.3) is 5.12 Å². The summed E-state index contributed by atoms with van der Waals surface area (Å²) < 4.78 is 30.0. The van der Waals surface area contributed by atoms with E-state index in [0.29, 0.717) is 35.3 Å². The quantitative estimate of drug-likeness (QED) is 0.281. The summed E-state index contributed by atoms with van der Waals surface area (Å²) in [6.07, 6.45) is 3.54. The fraction of sp³-hybridized carbons (Fsp3) is 0.138. The first kappa shape index (κ1) is 26.7. The van der Waals surface area contributed by atoms with Gasteiger partial charge in [0, 0.05) is 23.7 Å². The molecule has 3 heterocycles. The van der Waals surface area contributed by atoms with Gasteiger partial charge in [0.1, 0.15) is 11.3 Å². The number of carboxylic acid groups (broad SMARTS) is 1. The summed E-state index contributed by atoms with van der Waals surface area (Å²) in [6, 6.07) is 18.4. The zero-order valence-corrected chi connectivity index (χ0v) is 22.5. The highest BCUT2D eigenvalue weighted by atomic mass is 32.2. The predicted molar refractivity (Wildman–Crippen MR) is 151 cm³/mol. The summed E-state index contributed by atoms with van der Waals surface area (Å²) >= 11 is 0. The van der Waals surface area contributed by atoms with E-state index in [9.17, 15) is 23.1 Å². The molecule has 2 N–H and O–H groups in total. The molecule has 40 heavy (non-hydrogen) atoms. The number of aromatic carboxylic acids is 1. The maximum Gasteiger partial charge on any atom is 0.354 e. The summed E-state index contributed by atoms with van der Waals surface area (Å²) in [4.78, 5) is 37.3. The number of hydrogen-bond acceptors (Lipinski definition) is 7. The Balaban J connectivity index is 1.44. The lowest BCUT2D eigenvalue weighted by Gasteiger charge is -2.13. The first-order valence-electron chi connectivity index (χ1n) is 12.4. The Hall–Kier alpha value is -4.90. The number of sulfonamides is 1. The molecule has 0 atom stereocenters. The Kier molecular flexibility index (Phi) is 7.14. The Morgan fingerprint density at radius 2 is 1.73 bits per heavy atom. The topological polar surface area (TPSA) is 144 Å². The Labute approximate surface area is 230 Å². The van der Waals surface area contributed by atoms with Crippen molar-refractivity contribution >= 4 is 38.0 Å². The van der Waals surface area contributed by atoms with Gasteiger partial charge in [-0.1, -0.05) is 61.5 Å². The number of aromatic nitrogens is 4. The molecule has 0 aliphatic heterocycles. The number of imidazole rings is 1. The van der Waals surface area contributed by atoms with Crippen LogP contribution in [0.3, 0.4) is 0 Å². The molecule has 5 rings (SSSR count). The van der Waals surface area contributed by atoms with Gasteiger partial charge >= 0.3 is 16.0 Å². The summed E-state index contributed by atoms with van der Waals surface area (Å²) in [7, 11) is -4.37. The number of nitrogens with zero attached hydrogens (tertiary/aromatic N) is 4. The molecule has 0 aliphatic rings. The minimum Gasteiger partial charge on any atom is -0.477 e. The highest BCUT2D eigenvalue weighted by Gasteiger charge is 2.25.